The van der Waals surface area contributed by atoms with Gasteiger partial charge in [-0.3, -0.25) is 0 Å². The normalized spacial score (nSPS) is 18.8. The summed E-state index contributed by atoms with van der Waals surface area (Å²) in [6.45, 7) is 2.92. The van der Waals surface area contributed by atoms with E-state index in [1.165, 1.54) is 19.2 Å². The van der Waals surface area contributed by atoms with E-state index < -0.39 is 11.6 Å². The number of halogens is 3. The summed E-state index contributed by atoms with van der Waals surface area (Å²) in [5.41, 5.74) is 1.60. The Morgan fingerprint density at radius 3 is 2.41 bits per heavy atom. The van der Waals surface area contributed by atoms with Crippen LogP contribution in [0.25, 0.3) is 0 Å². The molecule has 0 spiro atoms. The molecule has 2 nitrogen and oxygen atoms in total. The summed E-state index contributed by atoms with van der Waals surface area (Å²) < 4.78 is 52.4. The van der Waals surface area contributed by atoms with Crippen LogP contribution in [0.1, 0.15) is 55.2 Å². The van der Waals surface area contributed by atoms with E-state index in [0.29, 0.717) is 13.2 Å². The van der Waals surface area contributed by atoms with Crippen LogP contribution in [0.2, 0.25) is 0 Å². The molecule has 0 radical (unpaired) electrons. The second-order valence-electron chi connectivity index (χ2n) is 7.25. The Labute approximate surface area is 170 Å². The molecule has 0 unspecified atom stereocenters. The van der Waals surface area contributed by atoms with E-state index in [-0.39, 0.29) is 29.0 Å². The van der Waals surface area contributed by atoms with Gasteiger partial charge < -0.3 is 9.47 Å². The summed E-state index contributed by atoms with van der Waals surface area (Å²) in [6, 6.07) is 8.13. The van der Waals surface area contributed by atoms with Crippen LogP contribution in [-0.2, 0) is 11.3 Å². The minimum absolute atomic E-state index is 0.0290. The Kier molecular flexibility index (Phi) is 7.22. The largest absolute Gasteiger partial charge is 0.494 e. The monoisotopic (exact) mass is 402 g/mol. The minimum atomic E-state index is -1.02. The number of hydrogen-bond donors (Lipinski definition) is 0. The molecule has 154 valence electrons. The van der Waals surface area contributed by atoms with Crippen molar-refractivity contribution in [1.82, 2.24) is 0 Å². The van der Waals surface area contributed by atoms with Gasteiger partial charge in [0, 0.05) is 12.5 Å². The lowest BCUT2D eigenvalue weighted by Gasteiger charge is -2.26. The maximum Gasteiger partial charge on any atom is 0.201 e. The minimum Gasteiger partial charge on any atom is -0.494 e. The average molecular weight is 402 g/mol. The zero-order valence-corrected chi connectivity index (χ0v) is 16.7. The van der Waals surface area contributed by atoms with E-state index in [1.807, 2.05) is 19.1 Å². The zero-order valence-electron chi connectivity index (χ0n) is 16.7. The summed E-state index contributed by atoms with van der Waals surface area (Å²) >= 11 is 0. The highest BCUT2D eigenvalue weighted by Gasteiger charge is 2.23. The van der Waals surface area contributed by atoms with Gasteiger partial charge in [0.1, 0.15) is 5.82 Å². The Hall–Kier alpha value is -2.45. The summed E-state index contributed by atoms with van der Waals surface area (Å²) in [6.07, 6.45) is 3.25. The predicted molar refractivity (Wildman–Crippen MR) is 106 cm³/mol. The van der Waals surface area contributed by atoms with Gasteiger partial charge in [0.25, 0.3) is 0 Å². The highest BCUT2D eigenvalue weighted by atomic mass is 19.2. The van der Waals surface area contributed by atoms with Crippen LogP contribution in [0.3, 0.4) is 0 Å². The Balaban J connectivity index is 1.62. The first-order valence-corrected chi connectivity index (χ1v) is 9.93. The van der Waals surface area contributed by atoms with Crippen LogP contribution >= 0.6 is 0 Å². The third kappa shape index (κ3) is 5.13. The molecule has 2 aromatic carbocycles. The molecule has 1 fully saturated rings. The zero-order chi connectivity index (χ0) is 20.8. The highest BCUT2D eigenvalue weighted by Crippen LogP contribution is 2.37. The van der Waals surface area contributed by atoms with Crippen LogP contribution in [0.5, 0.6) is 5.75 Å². The van der Waals surface area contributed by atoms with Crippen LogP contribution in [0, 0.1) is 35.2 Å². The highest BCUT2D eigenvalue weighted by molar-refractivity contribution is 5.41. The van der Waals surface area contributed by atoms with Gasteiger partial charge in [0.2, 0.25) is 5.82 Å². The van der Waals surface area contributed by atoms with Crippen molar-refractivity contribution < 1.29 is 22.6 Å². The first kappa shape index (κ1) is 21.3. The molecule has 0 saturated heterocycles. The van der Waals surface area contributed by atoms with Gasteiger partial charge in [-0.25, -0.2) is 8.78 Å². The number of rotatable bonds is 5. The Bertz CT molecular complexity index is 906. The molecule has 1 aliphatic carbocycles. The third-order valence-electron chi connectivity index (χ3n) is 5.38. The summed E-state index contributed by atoms with van der Waals surface area (Å²) in [5, 5.41) is 0. The fourth-order valence-corrected chi connectivity index (χ4v) is 3.73. The third-order valence-corrected chi connectivity index (χ3v) is 5.38. The van der Waals surface area contributed by atoms with E-state index in [1.54, 1.807) is 6.07 Å². The van der Waals surface area contributed by atoms with E-state index >= 15 is 0 Å². The lowest BCUT2D eigenvalue weighted by atomic mass is 9.78. The van der Waals surface area contributed by atoms with Gasteiger partial charge in [-0.15, -0.1) is 0 Å². The fourth-order valence-electron chi connectivity index (χ4n) is 3.73. The van der Waals surface area contributed by atoms with E-state index in [0.717, 1.165) is 36.8 Å². The van der Waals surface area contributed by atoms with Gasteiger partial charge in [-0.1, -0.05) is 24.0 Å². The van der Waals surface area contributed by atoms with Crippen molar-refractivity contribution in [2.24, 2.45) is 5.92 Å². The molecule has 1 saturated carbocycles. The Morgan fingerprint density at radius 2 is 1.76 bits per heavy atom. The van der Waals surface area contributed by atoms with E-state index in [9.17, 15) is 13.2 Å². The van der Waals surface area contributed by atoms with Gasteiger partial charge in [0.05, 0.1) is 19.3 Å². The molecule has 0 atom stereocenters. The molecule has 1 aliphatic rings. The molecular weight excluding hydrogens is 377 g/mol. The quantitative estimate of drug-likeness (QED) is 0.573. The SMILES string of the molecule is CCOCc1ccc(C2CCC(C#Cc3ccc(OC)c(F)c3F)CC2)c(F)c1. The van der Waals surface area contributed by atoms with Crippen molar-refractivity contribution in [3.05, 3.63) is 64.5 Å². The van der Waals surface area contributed by atoms with Crippen LogP contribution in [0.4, 0.5) is 13.2 Å². The lowest BCUT2D eigenvalue weighted by molar-refractivity contribution is 0.134. The maximum atomic E-state index is 14.5. The van der Waals surface area contributed by atoms with Crippen molar-refractivity contribution in [3.8, 4) is 17.6 Å². The average Bonchev–Trinajstić information content (AvgIpc) is 2.74. The number of methoxy groups -OCH3 is 1. The summed E-state index contributed by atoms with van der Waals surface area (Å²) in [5.74, 6) is 3.73. The number of ether oxygens (including phenoxy) is 2. The first-order chi connectivity index (χ1) is 14.0. The molecule has 0 aliphatic heterocycles. The second kappa shape index (κ2) is 9.84. The second-order valence-corrected chi connectivity index (χ2v) is 7.25. The first-order valence-electron chi connectivity index (χ1n) is 9.93. The van der Waals surface area contributed by atoms with E-state index in [4.69, 9.17) is 9.47 Å². The van der Waals surface area contributed by atoms with Gasteiger partial charge in [-0.2, -0.15) is 4.39 Å². The molecule has 0 aromatic heterocycles. The van der Waals surface area contributed by atoms with Crippen LogP contribution in [0.15, 0.2) is 30.3 Å². The lowest BCUT2D eigenvalue weighted by Crippen LogP contribution is -2.13. The molecule has 2 aromatic rings. The topological polar surface area (TPSA) is 18.5 Å². The summed E-state index contributed by atoms with van der Waals surface area (Å²) in [7, 11) is 1.29. The molecule has 3 rings (SSSR count). The maximum absolute atomic E-state index is 14.5. The Morgan fingerprint density at radius 1 is 1.00 bits per heavy atom. The van der Waals surface area contributed by atoms with Gasteiger partial charge in [-0.05, 0) is 67.9 Å². The fraction of sp³-hybridized carbons (Fsp3) is 0.417. The molecular formula is C24H25F3O2. The van der Waals surface area contributed by atoms with Crippen LogP contribution in [-0.4, -0.2) is 13.7 Å². The van der Waals surface area contributed by atoms with Crippen molar-refractivity contribution in [3.63, 3.8) is 0 Å². The standard InChI is InChI=1S/C24H25F3O2/c1-3-29-15-17-7-12-20(21(25)14-17)18-8-4-16(5-9-18)6-10-19-11-13-22(28-2)24(27)23(19)26/h7,11-14,16,18H,3-5,8-9,15H2,1-2H3. The molecule has 0 bridgehead atoms. The number of benzene rings is 2. The van der Waals surface area contributed by atoms with Gasteiger partial charge >= 0.3 is 0 Å². The number of hydrogen-bond acceptors (Lipinski definition) is 2. The summed E-state index contributed by atoms with van der Waals surface area (Å²) in [4.78, 5) is 0. The molecule has 0 N–H and O–H groups in total. The van der Waals surface area contributed by atoms with Crippen molar-refractivity contribution in [2.45, 2.75) is 45.1 Å². The van der Waals surface area contributed by atoms with Crippen molar-refractivity contribution >= 4 is 0 Å². The van der Waals surface area contributed by atoms with Crippen LogP contribution < -0.4 is 4.74 Å². The van der Waals surface area contributed by atoms with Gasteiger partial charge in [0.15, 0.2) is 11.6 Å². The van der Waals surface area contributed by atoms with E-state index in [2.05, 4.69) is 11.8 Å². The molecule has 5 heteroatoms. The molecule has 0 amide bonds. The smallest absolute Gasteiger partial charge is 0.201 e. The van der Waals surface area contributed by atoms with Crippen molar-refractivity contribution in [1.29, 1.82) is 0 Å². The molecule has 0 heterocycles. The van der Waals surface area contributed by atoms with Crippen molar-refractivity contribution in [2.75, 3.05) is 13.7 Å². The molecule has 29 heavy (non-hydrogen) atoms. The predicted octanol–water partition coefficient (Wildman–Crippen LogP) is 5.97.